The second kappa shape index (κ2) is 8.53. The van der Waals surface area contributed by atoms with E-state index in [0.717, 1.165) is 17.7 Å². The molecule has 0 spiro atoms. The summed E-state index contributed by atoms with van der Waals surface area (Å²) in [6.07, 6.45) is 1.58. The summed E-state index contributed by atoms with van der Waals surface area (Å²) in [5.74, 6) is -0.377. The number of carboxylic acid groups (broad SMARTS) is 1. The number of carbonyl (C=O) groups excluding carboxylic acids is 1. The molecular weight excluding hydrogens is 296 g/mol. The number of rotatable bonds is 8. The zero-order valence-electron chi connectivity index (χ0n) is 13.5. The molecule has 2 N–H and O–H groups in total. The van der Waals surface area contributed by atoms with Crippen molar-refractivity contribution in [3.8, 4) is 5.75 Å². The number of likely N-dealkylation sites (tertiary alicyclic amines) is 1. The first-order valence-corrected chi connectivity index (χ1v) is 8.02. The van der Waals surface area contributed by atoms with Gasteiger partial charge in [-0.25, -0.2) is 0 Å². The zero-order valence-corrected chi connectivity index (χ0v) is 13.5. The van der Waals surface area contributed by atoms with Crippen LogP contribution in [0.15, 0.2) is 24.3 Å². The smallest absolute Gasteiger partial charge is 0.307 e. The molecule has 0 bridgehead atoms. The van der Waals surface area contributed by atoms with Crippen LogP contribution in [0.4, 0.5) is 0 Å². The summed E-state index contributed by atoms with van der Waals surface area (Å²) in [6.45, 7) is 4.58. The van der Waals surface area contributed by atoms with Crippen LogP contribution in [0.2, 0.25) is 0 Å². The lowest BCUT2D eigenvalue weighted by Gasteiger charge is -2.15. The van der Waals surface area contributed by atoms with E-state index in [2.05, 4.69) is 12.2 Å². The monoisotopic (exact) mass is 320 g/mol. The van der Waals surface area contributed by atoms with Gasteiger partial charge in [-0.2, -0.15) is 0 Å². The Hall–Kier alpha value is -2.08. The predicted octanol–water partition coefficient (Wildman–Crippen LogP) is 1.50. The van der Waals surface area contributed by atoms with Crippen molar-refractivity contribution in [2.45, 2.75) is 26.3 Å². The van der Waals surface area contributed by atoms with Gasteiger partial charge in [-0.1, -0.05) is 19.1 Å². The van der Waals surface area contributed by atoms with Crippen LogP contribution in [0.1, 0.15) is 25.3 Å². The van der Waals surface area contributed by atoms with E-state index in [1.54, 1.807) is 0 Å². The van der Waals surface area contributed by atoms with Gasteiger partial charge in [0.25, 0.3) is 0 Å². The van der Waals surface area contributed by atoms with Gasteiger partial charge in [-0.15, -0.1) is 0 Å². The molecule has 1 fully saturated rings. The summed E-state index contributed by atoms with van der Waals surface area (Å²) in [7, 11) is 0. The highest BCUT2D eigenvalue weighted by atomic mass is 16.5. The summed E-state index contributed by atoms with van der Waals surface area (Å²) < 4.78 is 5.51. The first-order valence-electron chi connectivity index (χ1n) is 8.02. The first-order chi connectivity index (χ1) is 11.1. The van der Waals surface area contributed by atoms with Crippen LogP contribution in [-0.2, 0) is 16.1 Å². The molecular formula is C17H24N2O4. The Balaban J connectivity index is 1.71. The van der Waals surface area contributed by atoms with Crippen LogP contribution in [0, 0.1) is 5.92 Å². The lowest BCUT2D eigenvalue weighted by Crippen LogP contribution is -2.36. The standard InChI is InChI=1S/C17H24N2O4/c1-2-9-23-15-5-3-13(4-6-15)10-18-16(20)12-19-8-7-14(11-19)17(21)22/h3-6,14H,2,7-12H2,1H3,(H,18,20)(H,21,22). The molecule has 1 amide bonds. The van der Waals surface area contributed by atoms with Gasteiger partial charge in [0, 0.05) is 13.1 Å². The molecule has 6 heteroatoms. The van der Waals surface area contributed by atoms with Crippen LogP contribution in [0.25, 0.3) is 0 Å². The molecule has 1 aromatic rings. The molecule has 6 nitrogen and oxygen atoms in total. The molecule has 1 aliphatic heterocycles. The van der Waals surface area contributed by atoms with E-state index in [-0.39, 0.29) is 18.4 Å². The number of aliphatic carboxylic acids is 1. The normalized spacial score (nSPS) is 17.9. The van der Waals surface area contributed by atoms with Gasteiger partial charge in [0.15, 0.2) is 0 Å². The highest BCUT2D eigenvalue weighted by molar-refractivity contribution is 5.78. The molecule has 1 atom stereocenters. The van der Waals surface area contributed by atoms with Crippen LogP contribution < -0.4 is 10.1 Å². The minimum Gasteiger partial charge on any atom is -0.494 e. The predicted molar refractivity (Wildman–Crippen MR) is 86.3 cm³/mol. The van der Waals surface area contributed by atoms with Gasteiger partial charge < -0.3 is 15.2 Å². The number of hydrogen-bond acceptors (Lipinski definition) is 4. The van der Waals surface area contributed by atoms with Gasteiger partial charge >= 0.3 is 5.97 Å². The number of carboxylic acids is 1. The number of ether oxygens (including phenoxy) is 1. The second-order valence-corrected chi connectivity index (χ2v) is 5.83. The van der Waals surface area contributed by atoms with Gasteiger partial charge in [-0.05, 0) is 37.1 Å². The van der Waals surface area contributed by atoms with E-state index in [1.807, 2.05) is 29.2 Å². The maximum absolute atomic E-state index is 11.9. The Labute approximate surface area is 136 Å². The maximum atomic E-state index is 11.9. The Morgan fingerprint density at radius 3 is 2.70 bits per heavy atom. The molecule has 1 saturated heterocycles. The average molecular weight is 320 g/mol. The number of nitrogens with one attached hydrogen (secondary N) is 1. The van der Waals surface area contributed by atoms with Crippen LogP contribution in [-0.4, -0.2) is 48.1 Å². The van der Waals surface area contributed by atoms with Gasteiger partial charge in [-0.3, -0.25) is 14.5 Å². The van der Waals surface area contributed by atoms with E-state index in [0.29, 0.717) is 32.7 Å². The van der Waals surface area contributed by atoms with Crippen molar-refractivity contribution >= 4 is 11.9 Å². The van der Waals surface area contributed by atoms with Gasteiger partial charge in [0.05, 0.1) is 19.1 Å². The third-order valence-electron chi connectivity index (χ3n) is 3.87. The van der Waals surface area contributed by atoms with E-state index in [4.69, 9.17) is 9.84 Å². The van der Waals surface area contributed by atoms with Gasteiger partial charge in [0.1, 0.15) is 5.75 Å². The minimum absolute atomic E-state index is 0.0812. The quantitative estimate of drug-likeness (QED) is 0.759. The molecule has 1 unspecified atom stereocenters. The number of benzene rings is 1. The van der Waals surface area contributed by atoms with Crippen molar-refractivity contribution in [2.24, 2.45) is 5.92 Å². The fourth-order valence-corrected chi connectivity index (χ4v) is 2.56. The van der Waals surface area contributed by atoms with E-state index in [9.17, 15) is 9.59 Å². The number of hydrogen-bond donors (Lipinski definition) is 2. The SMILES string of the molecule is CCCOc1ccc(CNC(=O)CN2CCC(C(=O)O)C2)cc1. The van der Waals surface area contributed by atoms with Crippen molar-refractivity contribution in [1.29, 1.82) is 0 Å². The van der Waals surface area contributed by atoms with Crippen LogP contribution in [0.5, 0.6) is 5.75 Å². The first kappa shape index (κ1) is 17.3. The fourth-order valence-electron chi connectivity index (χ4n) is 2.56. The van der Waals surface area contributed by atoms with Crippen molar-refractivity contribution in [2.75, 3.05) is 26.2 Å². The Kier molecular flexibility index (Phi) is 6.40. The van der Waals surface area contributed by atoms with Gasteiger partial charge in [0.2, 0.25) is 5.91 Å². The minimum atomic E-state index is -0.779. The highest BCUT2D eigenvalue weighted by Gasteiger charge is 2.28. The summed E-state index contributed by atoms with van der Waals surface area (Å²) in [5.41, 5.74) is 1.01. The number of nitrogens with zero attached hydrogens (tertiary/aromatic N) is 1. The second-order valence-electron chi connectivity index (χ2n) is 5.83. The third-order valence-corrected chi connectivity index (χ3v) is 3.87. The largest absolute Gasteiger partial charge is 0.494 e. The molecule has 1 aromatic carbocycles. The Bertz CT molecular complexity index is 530. The van der Waals surface area contributed by atoms with Crippen molar-refractivity contribution in [1.82, 2.24) is 10.2 Å². The molecule has 0 aliphatic carbocycles. The summed E-state index contributed by atoms with van der Waals surface area (Å²) >= 11 is 0. The third kappa shape index (κ3) is 5.56. The van der Waals surface area contributed by atoms with Crippen molar-refractivity contribution in [3.63, 3.8) is 0 Å². The molecule has 0 saturated carbocycles. The highest BCUT2D eigenvalue weighted by Crippen LogP contribution is 2.16. The zero-order chi connectivity index (χ0) is 16.7. The fraction of sp³-hybridized carbons (Fsp3) is 0.529. The molecule has 126 valence electrons. The molecule has 0 aromatic heterocycles. The van der Waals surface area contributed by atoms with Crippen molar-refractivity contribution < 1.29 is 19.4 Å². The summed E-state index contributed by atoms with van der Waals surface area (Å²) in [4.78, 5) is 24.7. The Morgan fingerprint density at radius 1 is 1.35 bits per heavy atom. The number of amides is 1. The van der Waals surface area contributed by atoms with E-state index in [1.165, 1.54) is 0 Å². The van der Waals surface area contributed by atoms with Crippen molar-refractivity contribution in [3.05, 3.63) is 29.8 Å². The summed E-state index contributed by atoms with van der Waals surface area (Å²) in [6, 6.07) is 7.66. The van der Waals surface area contributed by atoms with E-state index < -0.39 is 5.97 Å². The van der Waals surface area contributed by atoms with E-state index >= 15 is 0 Å². The molecule has 0 radical (unpaired) electrons. The number of carbonyl (C=O) groups is 2. The summed E-state index contributed by atoms with van der Waals surface area (Å²) in [5, 5.41) is 11.8. The average Bonchev–Trinajstić information content (AvgIpc) is 3.00. The molecule has 2 rings (SSSR count). The van der Waals surface area contributed by atoms with Crippen LogP contribution in [0.3, 0.4) is 0 Å². The molecule has 23 heavy (non-hydrogen) atoms. The lowest BCUT2D eigenvalue weighted by atomic mass is 10.1. The Morgan fingerprint density at radius 2 is 2.09 bits per heavy atom. The molecule has 1 aliphatic rings. The molecule has 1 heterocycles. The lowest BCUT2D eigenvalue weighted by molar-refractivity contribution is -0.141. The van der Waals surface area contributed by atoms with Crippen LogP contribution >= 0.6 is 0 Å². The topological polar surface area (TPSA) is 78.9 Å². The maximum Gasteiger partial charge on any atom is 0.307 e.